The van der Waals surface area contributed by atoms with Crippen LogP contribution in [-0.2, 0) is 16.1 Å². The van der Waals surface area contributed by atoms with Gasteiger partial charge in [-0.05, 0) is 56.0 Å². The molecule has 1 atom stereocenters. The fraction of sp³-hybridized carbons (Fsp3) is 0.391. The van der Waals surface area contributed by atoms with Crippen LogP contribution in [0.15, 0.2) is 42.5 Å². The summed E-state index contributed by atoms with van der Waals surface area (Å²) in [6.07, 6.45) is 0.826. The molecule has 5 nitrogen and oxygen atoms in total. The highest BCUT2D eigenvalue weighted by atomic mass is 35.5. The van der Waals surface area contributed by atoms with E-state index < -0.39 is 6.04 Å². The molecule has 2 amide bonds. The molecule has 0 aromatic heterocycles. The molecule has 0 aliphatic heterocycles. The average Bonchev–Trinajstić information content (AvgIpc) is 2.71. The van der Waals surface area contributed by atoms with Gasteiger partial charge in [0.15, 0.2) is 6.61 Å². The molecule has 1 N–H and O–H groups in total. The molecule has 0 saturated heterocycles. The summed E-state index contributed by atoms with van der Waals surface area (Å²) in [6.45, 7) is 8.30. The molecule has 0 unspecified atom stereocenters. The molecule has 0 bridgehead atoms. The second-order valence-electron chi connectivity index (χ2n) is 7.07. The minimum atomic E-state index is -0.646. The van der Waals surface area contributed by atoms with Gasteiger partial charge in [-0.15, -0.1) is 0 Å². The van der Waals surface area contributed by atoms with Crippen LogP contribution in [0, 0.1) is 13.8 Å². The summed E-state index contributed by atoms with van der Waals surface area (Å²) in [4.78, 5) is 27.1. The van der Waals surface area contributed by atoms with E-state index in [0.29, 0.717) is 17.3 Å². The summed E-state index contributed by atoms with van der Waals surface area (Å²) in [7, 11) is 0. The van der Waals surface area contributed by atoms with Crippen molar-refractivity contribution in [3.8, 4) is 5.75 Å². The largest absolute Gasteiger partial charge is 0.483 e. The third kappa shape index (κ3) is 6.23. The van der Waals surface area contributed by atoms with E-state index in [9.17, 15) is 9.59 Å². The summed E-state index contributed by atoms with van der Waals surface area (Å²) in [5.74, 6) is 0.197. The van der Waals surface area contributed by atoms with E-state index in [1.54, 1.807) is 13.0 Å². The van der Waals surface area contributed by atoms with Crippen molar-refractivity contribution in [2.24, 2.45) is 0 Å². The summed E-state index contributed by atoms with van der Waals surface area (Å²) in [5, 5.41) is 3.41. The fourth-order valence-corrected chi connectivity index (χ4v) is 3.09. The highest BCUT2D eigenvalue weighted by molar-refractivity contribution is 6.31. The molecule has 0 spiro atoms. The number of benzene rings is 2. The third-order valence-corrected chi connectivity index (χ3v) is 5.29. The lowest BCUT2D eigenvalue weighted by atomic mass is 10.1. The van der Waals surface area contributed by atoms with Crippen LogP contribution in [-0.4, -0.2) is 35.9 Å². The number of aryl methyl sites for hydroxylation is 1. The van der Waals surface area contributed by atoms with Crippen molar-refractivity contribution in [2.45, 2.75) is 46.7 Å². The first-order valence-corrected chi connectivity index (χ1v) is 10.2. The number of ether oxygens (including phenoxy) is 1. The standard InChI is InChI=1S/C23H29ClN2O3/c1-5-13-25-23(28)18(4)26(14-19-10-6-7-11-20(19)24)22(27)15-29-21-12-8-9-16(2)17(21)3/h6-12,18H,5,13-15H2,1-4H3,(H,25,28)/t18-/m1/s1. The van der Waals surface area contributed by atoms with Gasteiger partial charge >= 0.3 is 0 Å². The topological polar surface area (TPSA) is 58.6 Å². The quantitative estimate of drug-likeness (QED) is 0.663. The Morgan fingerprint density at radius 3 is 2.55 bits per heavy atom. The molecule has 6 heteroatoms. The van der Waals surface area contributed by atoms with Gasteiger partial charge in [-0.2, -0.15) is 0 Å². The predicted octanol–water partition coefficient (Wildman–Crippen LogP) is 4.28. The normalized spacial score (nSPS) is 11.6. The van der Waals surface area contributed by atoms with Crippen LogP contribution in [0.25, 0.3) is 0 Å². The maximum atomic E-state index is 13.0. The van der Waals surface area contributed by atoms with E-state index >= 15 is 0 Å². The van der Waals surface area contributed by atoms with Crippen molar-refractivity contribution in [3.05, 3.63) is 64.2 Å². The molecule has 0 aliphatic carbocycles. The highest BCUT2D eigenvalue weighted by Gasteiger charge is 2.27. The Morgan fingerprint density at radius 2 is 1.86 bits per heavy atom. The van der Waals surface area contributed by atoms with Gasteiger partial charge in [0, 0.05) is 18.1 Å². The summed E-state index contributed by atoms with van der Waals surface area (Å²) < 4.78 is 5.78. The first-order valence-electron chi connectivity index (χ1n) is 9.84. The van der Waals surface area contributed by atoms with Crippen LogP contribution >= 0.6 is 11.6 Å². The van der Waals surface area contributed by atoms with E-state index in [0.717, 1.165) is 23.1 Å². The molecule has 2 aromatic carbocycles. The lowest BCUT2D eigenvalue weighted by molar-refractivity contribution is -0.142. The zero-order chi connectivity index (χ0) is 21.4. The maximum Gasteiger partial charge on any atom is 0.261 e. The first kappa shape index (κ1) is 22.8. The molecule has 29 heavy (non-hydrogen) atoms. The number of nitrogens with zero attached hydrogens (tertiary/aromatic N) is 1. The van der Waals surface area contributed by atoms with E-state index in [-0.39, 0.29) is 25.0 Å². The molecular weight excluding hydrogens is 388 g/mol. The average molecular weight is 417 g/mol. The number of carbonyl (C=O) groups excluding carboxylic acids is 2. The lowest BCUT2D eigenvalue weighted by Crippen LogP contribution is -2.49. The Hall–Kier alpha value is -2.53. The van der Waals surface area contributed by atoms with Crippen molar-refractivity contribution in [3.63, 3.8) is 0 Å². The SMILES string of the molecule is CCCNC(=O)[C@@H](C)N(Cc1ccccc1Cl)C(=O)COc1cccc(C)c1C. The molecule has 156 valence electrons. The van der Waals surface area contributed by atoms with Gasteiger partial charge in [0.05, 0.1) is 0 Å². The number of amides is 2. The third-order valence-electron chi connectivity index (χ3n) is 4.92. The minimum Gasteiger partial charge on any atom is -0.483 e. The molecule has 0 fully saturated rings. The number of carbonyl (C=O) groups is 2. The number of halogens is 1. The Labute approximate surface area is 178 Å². The molecule has 0 saturated carbocycles. The van der Waals surface area contributed by atoms with Crippen LogP contribution in [0.3, 0.4) is 0 Å². The van der Waals surface area contributed by atoms with Crippen LogP contribution in [0.4, 0.5) is 0 Å². The number of nitrogens with one attached hydrogen (secondary N) is 1. The smallest absolute Gasteiger partial charge is 0.261 e. The molecular formula is C23H29ClN2O3. The van der Waals surface area contributed by atoms with Gasteiger partial charge < -0.3 is 15.0 Å². The van der Waals surface area contributed by atoms with E-state index in [1.807, 2.05) is 57.2 Å². The van der Waals surface area contributed by atoms with Crippen LogP contribution in [0.1, 0.15) is 37.0 Å². The van der Waals surface area contributed by atoms with Gasteiger partial charge in [-0.3, -0.25) is 9.59 Å². The summed E-state index contributed by atoms with van der Waals surface area (Å²) in [6, 6.07) is 12.4. The maximum absolute atomic E-state index is 13.0. The Kier molecular flexibility index (Phi) is 8.52. The van der Waals surface area contributed by atoms with Gasteiger partial charge in [-0.1, -0.05) is 48.9 Å². The van der Waals surface area contributed by atoms with E-state index in [4.69, 9.17) is 16.3 Å². The fourth-order valence-electron chi connectivity index (χ4n) is 2.89. The number of rotatable bonds is 9. The van der Waals surface area contributed by atoms with Crippen LogP contribution in [0.2, 0.25) is 5.02 Å². The zero-order valence-electron chi connectivity index (χ0n) is 17.5. The molecule has 0 radical (unpaired) electrons. The second-order valence-corrected chi connectivity index (χ2v) is 7.47. The van der Waals surface area contributed by atoms with Crippen molar-refractivity contribution >= 4 is 23.4 Å². The molecule has 2 aromatic rings. The first-order chi connectivity index (χ1) is 13.8. The zero-order valence-corrected chi connectivity index (χ0v) is 18.3. The van der Waals surface area contributed by atoms with Crippen LogP contribution < -0.4 is 10.1 Å². The van der Waals surface area contributed by atoms with Crippen LogP contribution in [0.5, 0.6) is 5.75 Å². The highest BCUT2D eigenvalue weighted by Crippen LogP contribution is 2.22. The molecule has 2 rings (SSSR count). The van der Waals surface area contributed by atoms with Gasteiger partial charge in [0.1, 0.15) is 11.8 Å². The van der Waals surface area contributed by atoms with Crippen molar-refractivity contribution in [1.29, 1.82) is 0 Å². The van der Waals surface area contributed by atoms with Gasteiger partial charge in [0.25, 0.3) is 5.91 Å². The summed E-state index contributed by atoms with van der Waals surface area (Å²) >= 11 is 6.28. The summed E-state index contributed by atoms with van der Waals surface area (Å²) in [5.41, 5.74) is 2.87. The van der Waals surface area contributed by atoms with Gasteiger partial charge in [-0.25, -0.2) is 0 Å². The van der Waals surface area contributed by atoms with Gasteiger partial charge in [0.2, 0.25) is 5.91 Å². The van der Waals surface area contributed by atoms with E-state index in [1.165, 1.54) is 4.90 Å². The van der Waals surface area contributed by atoms with Crippen molar-refractivity contribution < 1.29 is 14.3 Å². The second kappa shape index (κ2) is 10.9. The Morgan fingerprint density at radius 1 is 1.14 bits per heavy atom. The van der Waals surface area contributed by atoms with E-state index in [2.05, 4.69) is 5.32 Å². The predicted molar refractivity (Wildman–Crippen MR) is 116 cm³/mol. The Balaban J connectivity index is 2.18. The Bertz CT molecular complexity index is 854. The van der Waals surface area contributed by atoms with Crippen molar-refractivity contribution in [1.82, 2.24) is 10.2 Å². The number of hydrogen-bond donors (Lipinski definition) is 1. The molecule has 0 heterocycles. The molecule has 0 aliphatic rings. The van der Waals surface area contributed by atoms with Crippen molar-refractivity contribution in [2.75, 3.05) is 13.2 Å². The minimum absolute atomic E-state index is 0.153. The monoisotopic (exact) mass is 416 g/mol. The number of hydrogen-bond acceptors (Lipinski definition) is 3. The lowest BCUT2D eigenvalue weighted by Gasteiger charge is -2.29.